The summed E-state index contributed by atoms with van der Waals surface area (Å²) in [5.74, 6) is 0.273. The number of anilines is 2. The molecule has 0 atom stereocenters. The Labute approximate surface area is 211 Å². The van der Waals surface area contributed by atoms with Crippen molar-refractivity contribution in [2.45, 2.75) is 24.9 Å². The van der Waals surface area contributed by atoms with Crippen molar-refractivity contribution in [1.82, 2.24) is 29.6 Å². The van der Waals surface area contributed by atoms with E-state index in [4.69, 9.17) is 22.4 Å². The molecule has 0 saturated heterocycles. The average molecular weight is 503 g/mol. The van der Waals surface area contributed by atoms with E-state index in [2.05, 4.69) is 26.8 Å². The number of pyridine rings is 1. The number of benzene rings is 1. The van der Waals surface area contributed by atoms with E-state index >= 15 is 0 Å². The summed E-state index contributed by atoms with van der Waals surface area (Å²) in [5.41, 5.74) is 8.33. The zero-order chi connectivity index (χ0) is 25.4. The number of nitrogens with zero attached hydrogens (tertiary/aromatic N) is 6. The van der Waals surface area contributed by atoms with Crippen LogP contribution in [-0.4, -0.2) is 54.5 Å². The van der Waals surface area contributed by atoms with E-state index in [1.807, 2.05) is 4.68 Å². The van der Waals surface area contributed by atoms with Gasteiger partial charge in [0.05, 0.1) is 16.5 Å². The number of rotatable bonds is 6. The highest BCUT2D eigenvalue weighted by atomic mass is 35.5. The van der Waals surface area contributed by atoms with Crippen LogP contribution in [0.4, 0.5) is 11.6 Å². The van der Waals surface area contributed by atoms with E-state index in [-0.39, 0.29) is 29.7 Å². The summed E-state index contributed by atoms with van der Waals surface area (Å²) >= 11 is 6.64. The molecule has 5 rings (SSSR count). The van der Waals surface area contributed by atoms with E-state index in [9.17, 15) is 9.59 Å². The molecule has 0 spiro atoms. The number of nitrogens with two attached hydrogens (primary N) is 1. The average Bonchev–Trinajstić information content (AvgIpc) is 3.23. The SMILES string of the molecule is C=CC(=O)N(C)C1CC(n2nc(-c3ccc(C(=O)Nc4ccccn4)cc3Cl)c3c(N)ncnc32)C1. The lowest BCUT2D eigenvalue weighted by Gasteiger charge is -2.40. The van der Waals surface area contributed by atoms with Crippen LogP contribution < -0.4 is 11.1 Å². The van der Waals surface area contributed by atoms with Crippen LogP contribution in [0.15, 0.2) is 61.6 Å². The van der Waals surface area contributed by atoms with Crippen LogP contribution in [0.25, 0.3) is 22.3 Å². The maximum absolute atomic E-state index is 12.7. The van der Waals surface area contributed by atoms with Crippen LogP contribution in [0.1, 0.15) is 29.2 Å². The van der Waals surface area contributed by atoms with Gasteiger partial charge in [-0.15, -0.1) is 0 Å². The number of fused-ring (bicyclic) bond motifs is 1. The zero-order valence-electron chi connectivity index (χ0n) is 19.4. The molecule has 0 bridgehead atoms. The highest BCUT2D eigenvalue weighted by Crippen LogP contribution is 2.41. The number of carbonyl (C=O) groups excluding carboxylic acids is 2. The first kappa shape index (κ1) is 23.4. The number of hydrogen-bond acceptors (Lipinski definition) is 7. The molecule has 182 valence electrons. The second-order valence-electron chi connectivity index (χ2n) is 8.55. The molecule has 1 aliphatic rings. The molecule has 0 radical (unpaired) electrons. The fourth-order valence-corrected chi connectivity index (χ4v) is 4.58. The van der Waals surface area contributed by atoms with E-state index in [0.717, 1.165) is 12.8 Å². The predicted molar refractivity (Wildman–Crippen MR) is 137 cm³/mol. The minimum atomic E-state index is -0.334. The van der Waals surface area contributed by atoms with Gasteiger partial charge in [0.25, 0.3) is 5.91 Å². The number of aromatic nitrogens is 5. The Kier molecular flexibility index (Phi) is 6.11. The maximum atomic E-state index is 12.7. The van der Waals surface area contributed by atoms with Gasteiger partial charge < -0.3 is 16.0 Å². The quantitative estimate of drug-likeness (QED) is 0.384. The fraction of sp³-hybridized carbons (Fsp3) is 0.200. The molecule has 1 aromatic carbocycles. The van der Waals surface area contributed by atoms with Crippen LogP contribution in [0, 0.1) is 0 Å². The number of carbonyl (C=O) groups is 2. The monoisotopic (exact) mass is 502 g/mol. The van der Waals surface area contributed by atoms with Crippen molar-refractivity contribution in [1.29, 1.82) is 0 Å². The Hall–Kier alpha value is -4.31. The molecule has 1 fully saturated rings. The third-order valence-corrected chi connectivity index (χ3v) is 6.73. The summed E-state index contributed by atoms with van der Waals surface area (Å²) in [6.07, 6.45) is 5.74. The lowest BCUT2D eigenvalue weighted by atomic mass is 9.85. The molecule has 1 saturated carbocycles. The molecule has 3 N–H and O–H groups in total. The number of nitrogen functional groups attached to an aromatic ring is 1. The maximum Gasteiger partial charge on any atom is 0.256 e. The van der Waals surface area contributed by atoms with Crippen LogP contribution in [0.2, 0.25) is 5.02 Å². The third kappa shape index (κ3) is 4.16. The lowest BCUT2D eigenvalue weighted by Crippen LogP contribution is -2.45. The molecule has 4 aromatic rings. The fourth-order valence-electron chi connectivity index (χ4n) is 4.31. The largest absolute Gasteiger partial charge is 0.383 e. The van der Waals surface area contributed by atoms with Gasteiger partial charge in [-0.3, -0.25) is 9.59 Å². The number of amides is 2. The normalized spacial score (nSPS) is 16.8. The zero-order valence-corrected chi connectivity index (χ0v) is 20.2. The molecule has 10 nitrogen and oxygen atoms in total. The van der Waals surface area contributed by atoms with Crippen molar-refractivity contribution in [3.8, 4) is 11.3 Å². The summed E-state index contributed by atoms with van der Waals surface area (Å²) in [7, 11) is 1.77. The standard InChI is InChI=1S/C25H23ClN8O2/c1-3-20(35)33(2)15-11-16(12-15)34-24-21(23(27)29-13-30-24)22(32-34)17-8-7-14(10-18(17)26)25(36)31-19-6-4-5-9-28-19/h3-10,13,15-16H,1,11-12H2,2H3,(H2,27,29,30)(H,28,31,36). The van der Waals surface area contributed by atoms with Gasteiger partial charge in [0.2, 0.25) is 5.91 Å². The van der Waals surface area contributed by atoms with Crippen molar-refractivity contribution in [2.24, 2.45) is 0 Å². The van der Waals surface area contributed by atoms with Crippen molar-refractivity contribution in [2.75, 3.05) is 18.1 Å². The van der Waals surface area contributed by atoms with Crippen molar-refractivity contribution >= 4 is 46.1 Å². The van der Waals surface area contributed by atoms with Gasteiger partial charge in [-0.2, -0.15) is 5.10 Å². The molecule has 0 unspecified atom stereocenters. The van der Waals surface area contributed by atoms with Crippen LogP contribution in [0.3, 0.4) is 0 Å². The van der Waals surface area contributed by atoms with E-state index < -0.39 is 0 Å². The number of likely N-dealkylation sites (N-methyl/N-ethyl adjacent to an activating group) is 1. The molecule has 3 heterocycles. The van der Waals surface area contributed by atoms with Gasteiger partial charge in [0.1, 0.15) is 23.7 Å². The molecular formula is C25H23ClN8O2. The topological polar surface area (TPSA) is 132 Å². The Balaban J connectivity index is 1.46. The second kappa shape index (κ2) is 9.38. The smallest absolute Gasteiger partial charge is 0.256 e. The molecular weight excluding hydrogens is 480 g/mol. The van der Waals surface area contributed by atoms with Gasteiger partial charge in [-0.05, 0) is 43.2 Å². The number of hydrogen-bond donors (Lipinski definition) is 2. The minimum Gasteiger partial charge on any atom is -0.383 e. The molecule has 11 heteroatoms. The van der Waals surface area contributed by atoms with Crippen LogP contribution in [-0.2, 0) is 4.79 Å². The van der Waals surface area contributed by atoms with Gasteiger partial charge in [-0.1, -0.05) is 30.3 Å². The van der Waals surface area contributed by atoms with Crippen LogP contribution in [0.5, 0.6) is 0 Å². The van der Waals surface area contributed by atoms with Gasteiger partial charge in [0.15, 0.2) is 5.65 Å². The van der Waals surface area contributed by atoms with Gasteiger partial charge >= 0.3 is 0 Å². The van der Waals surface area contributed by atoms with Crippen molar-refractivity contribution in [3.63, 3.8) is 0 Å². The first-order chi connectivity index (χ1) is 17.4. The molecule has 2 amide bonds. The Bertz CT molecular complexity index is 1480. The summed E-state index contributed by atoms with van der Waals surface area (Å²) < 4.78 is 1.82. The number of nitrogens with one attached hydrogen (secondary N) is 1. The number of halogens is 1. The first-order valence-electron chi connectivity index (χ1n) is 11.3. The van der Waals surface area contributed by atoms with E-state index in [1.54, 1.807) is 54.5 Å². The molecule has 36 heavy (non-hydrogen) atoms. The predicted octanol–water partition coefficient (Wildman–Crippen LogP) is 3.72. The highest BCUT2D eigenvalue weighted by molar-refractivity contribution is 6.34. The Morgan fingerprint density at radius 1 is 1.22 bits per heavy atom. The summed E-state index contributed by atoms with van der Waals surface area (Å²) in [6, 6.07) is 10.3. The second-order valence-corrected chi connectivity index (χ2v) is 8.95. The summed E-state index contributed by atoms with van der Waals surface area (Å²) in [6.45, 7) is 3.55. The van der Waals surface area contributed by atoms with Gasteiger partial charge in [0, 0.05) is 30.4 Å². The Morgan fingerprint density at radius 3 is 2.72 bits per heavy atom. The molecule has 0 aliphatic heterocycles. The highest BCUT2D eigenvalue weighted by Gasteiger charge is 2.37. The van der Waals surface area contributed by atoms with Gasteiger partial charge in [-0.25, -0.2) is 19.6 Å². The van der Waals surface area contributed by atoms with E-state index in [1.165, 1.54) is 12.4 Å². The summed E-state index contributed by atoms with van der Waals surface area (Å²) in [4.78, 5) is 39.0. The molecule has 3 aromatic heterocycles. The lowest BCUT2D eigenvalue weighted by molar-refractivity contribution is -0.129. The van der Waals surface area contributed by atoms with Crippen molar-refractivity contribution < 1.29 is 9.59 Å². The first-order valence-corrected chi connectivity index (χ1v) is 11.7. The minimum absolute atomic E-state index is 0.0304. The Morgan fingerprint density at radius 2 is 2.03 bits per heavy atom. The summed E-state index contributed by atoms with van der Waals surface area (Å²) in [5, 5.41) is 8.48. The van der Waals surface area contributed by atoms with E-state index in [0.29, 0.717) is 38.7 Å². The third-order valence-electron chi connectivity index (χ3n) is 6.42. The van der Waals surface area contributed by atoms with Crippen LogP contribution >= 0.6 is 11.6 Å². The molecule has 1 aliphatic carbocycles. The van der Waals surface area contributed by atoms with Crippen molar-refractivity contribution in [3.05, 3.63) is 72.2 Å².